The monoisotopic (exact) mass is 458 g/mol. The number of benzene rings is 3. The van der Waals surface area contributed by atoms with Gasteiger partial charge in [-0.1, -0.05) is 98.8 Å². The van der Waals surface area contributed by atoms with Gasteiger partial charge in [-0.2, -0.15) is 0 Å². The van der Waals surface area contributed by atoms with E-state index in [-0.39, 0.29) is 0 Å². The number of hydrogen-bond acceptors (Lipinski definition) is 1. The number of rotatable bonds is 4. The van der Waals surface area contributed by atoms with E-state index in [1.165, 1.54) is 53.2 Å². The maximum atomic E-state index is 4.51. The van der Waals surface area contributed by atoms with Crippen molar-refractivity contribution in [3.63, 3.8) is 0 Å². The fraction of sp³-hybridized carbons (Fsp3) is 0.152. The van der Waals surface area contributed by atoms with Crippen molar-refractivity contribution in [1.82, 2.24) is 0 Å². The molecule has 0 bridgehead atoms. The molecule has 0 saturated heterocycles. The maximum absolute atomic E-state index is 4.51. The quantitative estimate of drug-likeness (QED) is 0.288. The maximum Gasteiger partial charge on any atom is 0.0349 e. The predicted octanol–water partition coefficient (Wildman–Crippen LogP) is 8.29. The molecular weight excluding hydrogens is 428 g/mol. The van der Waals surface area contributed by atoms with Crippen LogP contribution < -0.4 is 10.4 Å². The lowest BCUT2D eigenvalue weighted by atomic mass is 9.94. The van der Waals surface area contributed by atoms with E-state index in [1.807, 2.05) is 11.3 Å². The minimum absolute atomic E-state index is 0.965. The Balaban J connectivity index is 1.59. The number of allylic oxidation sites excluding steroid dienone is 5. The summed E-state index contributed by atoms with van der Waals surface area (Å²) < 4.78 is 0. The van der Waals surface area contributed by atoms with Gasteiger partial charge in [0.05, 0.1) is 0 Å². The van der Waals surface area contributed by atoms with Gasteiger partial charge < -0.3 is 0 Å². The first-order valence-electron chi connectivity index (χ1n) is 12.1. The summed E-state index contributed by atoms with van der Waals surface area (Å²) in [6, 6.07) is 28.6. The van der Waals surface area contributed by atoms with Crippen LogP contribution in [0.2, 0.25) is 0 Å². The van der Waals surface area contributed by atoms with Gasteiger partial charge in [-0.25, -0.2) is 0 Å². The summed E-state index contributed by atoms with van der Waals surface area (Å²) in [5.41, 5.74) is 6.43. The molecule has 0 unspecified atom stereocenters. The van der Waals surface area contributed by atoms with Crippen molar-refractivity contribution in [1.29, 1.82) is 0 Å². The lowest BCUT2D eigenvalue weighted by molar-refractivity contribution is 1.13. The Morgan fingerprint density at radius 3 is 2.29 bits per heavy atom. The summed E-state index contributed by atoms with van der Waals surface area (Å²) in [6.07, 6.45) is 9.87. The Hall–Kier alpha value is -3.42. The van der Waals surface area contributed by atoms with Crippen molar-refractivity contribution >= 4 is 38.8 Å². The second kappa shape index (κ2) is 9.83. The van der Waals surface area contributed by atoms with Gasteiger partial charge in [-0.15, -0.1) is 11.3 Å². The van der Waals surface area contributed by atoms with Gasteiger partial charge in [0.15, 0.2) is 0 Å². The standard InChI is InChI=1S/C33H30S/c1-4-24-13-10-14-27(21-23(3)29(5-2)31-16-9-8-15-30(24)31)32-19-20-33(34-32)28-18-17-25-11-6-7-12-26(25)22-28/h6-12,14-22H,3-5,13H2,1-2H3/b14-10-,27-21+,30-24-,31-29-. The van der Waals surface area contributed by atoms with Gasteiger partial charge in [-0.3, -0.25) is 0 Å². The van der Waals surface area contributed by atoms with Crippen molar-refractivity contribution in [3.05, 3.63) is 125 Å². The molecule has 1 aromatic heterocycles. The number of hydrogen-bond donors (Lipinski definition) is 0. The minimum Gasteiger partial charge on any atom is -0.135 e. The molecule has 0 radical (unpaired) electrons. The molecule has 3 aromatic carbocycles. The zero-order valence-electron chi connectivity index (χ0n) is 20.0. The van der Waals surface area contributed by atoms with Gasteiger partial charge in [0.2, 0.25) is 0 Å². The SMILES string of the molecule is C=C1/C=C(c2ccc(-c3ccc4ccccc4c3)s2)\C=C/C/C(CC)=c2/cccc/c2=C/1CC. The van der Waals surface area contributed by atoms with E-state index in [4.69, 9.17) is 0 Å². The van der Waals surface area contributed by atoms with Crippen LogP contribution in [0.3, 0.4) is 0 Å². The van der Waals surface area contributed by atoms with Crippen LogP contribution in [0.4, 0.5) is 0 Å². The first-order valence-corrected chi connectivity index (χ1v) is 13.0. The van der Waals surface area contributed by atoms with E-state index in [1.54, 1.807) is 0 Å². The van der Waals surface area contributed by atoms with E-state index in [0.29, 0.717) is 0 Å². The highest BCUT2D eigenvalue weighted by molar-refractivity contribution is 7.16. The molecule has 1 heteroatoms. The van der Waals surface area contributed by atoms with Crippen molar-refractivity contribution < 1.29 is 0 Å². The average Bonchev–Trinajstić information content (AvgIpc) is 3.37. The van der Waals surface area contributed by atoms with E-state index in [0.717, 1.165) is 24.8 Å². The average molecular weight is 459 g/mol. The Bertz CT molecular complexity index is 1560. The first-order chi connectivity index (χ1) is 16.7. The molecule has 34 heavy (non-hydrogen) atoms. The van der Waals surface area contributed by atoms with Crippen LogP contribution in [-0.2, 0) is 0 Å². The summed E-state index contributed by atoms with van der Waals surface area (Å²) in [7, 11) is 0. The van der Waals surface area contributed by atoms with Gasteiger partial charge in [0, 0.05) is 9.75 Å². The highest BCUT2D eigenvalue weighted by Crippen LogP contribution is 2.35. The van der Waals surface area contributed by atoms with Gasteiger partial charge >= 0.3 is 0 Å². The minimum atomic E-state index is 0.965. The molecule has 1 aliphatic rings. The van der Waals surface area contributed by atoms with Crippen molar-refractivity contribution in [2.75, 3.05) is 0 Å². The molecule has 5 rings (SSSR count). The largest absolute Gasteiger partial charge is 0.135 e. The second-order valence-corrected chi connectivity index (χ2v) is 9.88. The van der Waals surface area contributed by atoms with E-state index in [2.05, 4.69) is 118 Å². The molecule has 0 amide bonds. The molecule has 0 N–H and O–H groups in total. The molecular formula is C33H30S. The summed E-state index contributed by atoms with van der Waals surface area (Å²) >= 11 is 1.86. The Morgan fingerprint density at radius 2 is 1.50 bits per heavy atom. The predicted molar refractivity (Wildman–Crippen MR) is 151 cm³/mol. The van der Waals surface area contributed by atoms with Crippen LogP contribution in [0.25, 0.3) is 37.9 Å². The van der Waals surface area contributed by atoms with Gasteiger partial charge in [0.1, 0.15) is 0 Å². The number of fused-ring (bicyclic) bond motifs is 2. The second-order valence-electron chi connectivity index (χ2n) is 8.79. The third-order valence-electron chi connectivity index (χ3n) is 6.72. The fourth-order valence-electron chi connectivity index (χ4n) is 4.88. The van der Waals surface area contributed by atoms with E-state index < -0.39 is 0 Å². The molecule has 0 aliphatic heterocycles. The van der Waals surface area contributed by atoms with E-state index in [9.17, 15) is 0 Å². The van der Waals surface area contributed by atoms with Gasteiger partial charge in [-0.05, 0) is 87.0 Å². The molecule has 1 aliphatic carbocycles. The molecule has 0 saturated carbocycles. The Kier molecular flexibility index (Phi) is 6.47. The molecule has 0 fully saturated rings. The third-order valence-corrected chi connectivity index (χ3v) is 7.90. The molecule has 0 spiro atoms. The van der Waals surface area contributed by atoms with Crippen molar-refractivity contribution in [2.24, 2.45) is 0 Å². The summed E-state index contributed by atoms with van der Waals surface area (Å²) in [5, 5.41) is 5.27. The van der Waals surface area contributed by atoms with Crippen LogP contribution in [0.5, 0.6) is 0 Å². The molecule has 4 aromatic rings. The summed E-state index contributed by atoms with van der Waals surface area (Å²) in [5.74, 6) is 0. The van der Waals surface area contributed by atoms with E-state index >= 15 is 0 Å². The third kappa shape index (κ3) is 4.36. The number of thiophene rings is 1. The molecule has 1 heterocycles. The van der Waals surface area contributed by atoms with Crippen LogP contribution in [-0.4, -0.2) is 0 Å². The zero-order valence-corrected chi connectivity index (χ0v) is 20.8. The summed E-state index contributed by atoms with van der Waals surface area (Å²) in [6.45, 7) is 9.01. The normalized spacial score (nSPS) is 19.9. The van der Waals surface area contributed by atoms with Crippen LogP contribution in [0.1, 0.15) is 38.0 Å². The molecule has 168 valence electrons. The lowest BCUT2D eigenvalue weighted by Crippen LogP contribution is -2.29. The molecule has 0 nitrogen and oxygen atoms in total. The Morgan fingerprint density at radius 1 is 0.765 bits per heavy atom. The van der Waals surface area contributed by atoms with Crippen LogP contribution in [0, 0.1) is 0 Å². The lowest BCUT2D eigenvalue weighted by Gasteiger charge is -2.11. The highest BCUT2D eigenvalue weighted by atomic mass is 32.1. The van der Waals surface area contributed by atoms with Crippen LogP contribution >= 0.6 is 11.3 Å². The fourth-order valence-corrected chi connectivity index (χ4v) is 5.88. The van der Waals surface area contributed by atoms with Gasteiger partial charge in [0.25, 0.3) is 0 Å². The Labute approximate surface area is 206 Å². The smallest absolute Gasteiger partial charge is 0.0349 e. The van der Waals surface area contributed by atoms with Crippen molar-refractivity contribution in [3.8, 4) is 10.4 Å². The highest BCUT2D eigenvalue weighted by Gasteiger charge is 2.10. The van der Waals surface area contributed by atoms with Crippen molar-refractivity contribution in [2.45, 2.75) is 33.1 Å². The van der Waals surface area contributed by atoms with Crippen LogP contribution in [0.15, 0.2) is 109 Å². The summed E-state index contributed by atoms with van der Waals surface area (Å²) in [4.78, 5) is 2.58. The zero-order chi connectivity index (χ0) is 23.5. The molecule has 0 atom stereocenters. The topological polar surface area (TPSA) is 0 Å². The first kappa shape index (κ1) is 22.4.